The summed E-state index contributed by atoms with van der Waals surface area (Å²) >= 11 is 7.58. The summed E-state index contributed by atoms with van der Waals surface area (Å²) in [7, 11) is 2.04. The number of halogens is 2. The van der Waals surface area contributed by atoms with Gasteiger partial charge in [0.25, 0.3) is 5.91 Å². The van der Waals surface area contributed by atoms with E-state index in [-0.39, 0.29) is 18.3 Å². The fraction of sp³-hybridized carbons (Fsp3) is 0.176. The van der Waals surface area contributed by atoms with E-state index in [4.69, 9.17) is 11.6 Å². The summed E-state index contributed by atoms with van der Waals surface area (Å²) in [6.45, 7) is 1.03. The lowest BCUT2D eigenvalue weighted by molar-refractivity contribution is 0.102. The van der Waals surface area contributed by atoms with Crippen molar-refractivity contribution in [1.29, 1.82) is 0 Å². The predicted octanol–water partition coefficient (Wildman–Crippen LogP) is 4.68. The quantitative estimate of drug-likeness (QED) is 0.838. The lowest BCUT2D eigenvalue weighted by atomic mass is 10.2. The fourth-order valence-corrected chi connectivity index (χ4v) is 3.29. The van der Waals surface area contributed by atoms with Crippen LogP contribution < -0.4 is 5.32 Å². The van der Waals surface area contributed by atoms with Crippen LogP contribution in [0.5, 0.6) is 0 Å². The molecular weight excluding hydrogens is 365 g/mol. The van der Waals surface area contributed by atoms with Crippen molar-refractivity contribution in [2.75, 3.05) is 24.7 Å². The van der Waals surface area contributed by atoms with Crippen LogP contribution in [0.1, 0.15) is 10.4 Å². The van der Waals surface area contributed by atoms with Gasteiger partial charge in [0.05, 0.1) is 5.69 Å². The summed E-state index contributed by atoms with van der Waals surface area (Å²) in [5.41, 5.74) is 2.19. The molecule has 1 N–H and O–H groups in total. The van der Waals surface area contributed by atoms with Gasteiger partial charge in [-0.25, -0.2) is 4.99 Å². The Kier molecular flexibility index (Phi) is 6.54. The third kappa shape index (κ3) is 4.66. The van der Waals surface area contributed by atoms with Crippen LogP contribution in [0.2, 0.25) is 5.02 Å². The standard InChI is InChI=1S/C17H16ClN3OS.ClH/c1-21-10-11-23-17(21)20-15-8-6-14(7-9-15)19-16(22)12-2-4-13(18)5-3-12;/h2-9H,10-11H2,1H3,(H,19,22);1H. The van der Waals surface area contributed by atoms with Crippen LogP contribution in [0.15, 0.2) is 53.5 Å². The van der Waals surface area contributed by atoms with Crippen molar-refractivity contribution in [3.8, 4) is 0 Å². The number of rotatable bonds is 3. The molecule has 1 fully saturated rings. The molecule has 0 bridgehead atoms. The van der Waals surface area contributed by atoms with Gasteiger partial charge < -0.3 is 10.2 Å². The zero-order valence-corrected chi connectivity index (χ0v) is 15.4. The largest absolute Gasteiger partial charge is 0.353 e. The van der Waals surface area contributed by atoms with Gasteiger partial charge in [0.2, 0.25) is 0 Å². The highest BCUT2D eigenvalue weighted by Crippen LogP contribution is 2.23. The van der Waals surface area contributed by atoms with Crippen LogP contribution in [0.25, 0.3) is 0 Å². The van der Waals surface area contributed by atoms with E-state index in [0.29, 0.717) is 10.6 Å². The van der Waals surface area contributed by atoms with Crippen molar-refractivity contribution < 1.29 is 4.79 Å². The summed E-state index contributed by atoms with van der Waals surface area (Å²) in [6.07, 6.45) is 0. The van der Waals surface area contributed by atoms with Gasteiger partial charge in [0.15, 0.2) is 5.17 Å². The first-order valence-corrected chi connectivity index (χ1v) is 8.58. The Balaban J connectivity index is 0.00000208. The number of anilines is 1. The predicted molar refractivity (Wildman–Crippen MR) is 105 cm³/mol. The second-order valence-corrected chi connectivity index (χ2v) is 6.67. The first-order chi connectivity index (χ1) is 11.1. The molecule has 1 amide bonds. The van der Waals surface area contributed by atoms with E-state index in [1.54, 1.807) is 36.0 Å². The number of amides is 1. The number of aliphatic imine (C=N–C) groups is 1. The molecule has 0 atom stereocenters. The van der Waals surface area contributed by atoms with Crippen LogP contribution in [0.3, 0.4) is 0 Å². The number of carbonyl (C=O) groups is 1. The minimum absolute atomic E-state index is 0. The van der Waals surface area contributed by atoms with Gasteiger partial charge >= 0.3 is 0 Å². The second-order valence-electron chi connectivity index (χ2n) is 5.17. The first-order valence-electron chi connectivity index (χ1n) is 7.21. The minimum Gasteiger partial charge on any atom is -0.353 e. The number of hydrogen-bond acceptors (Lipinski definition) is 3. The highest BCUT2D eigenvalue weighted by Gasteiger charge is 2.14. The van der Waals surface area contributed by atoms with Gasteiger partial charge in [-0.1, -0.05) is 23.4 Å². The van der Waals surface area contributed by atoms with Crippen molar-refractivity contribution >= 4 is 58.2 Å². The van der Waals surface area contributed by atoms with Gasteiger partial charge in [-0.05, 0) is 48.5 Å². The number of thioether (sulfide) groups is 1. The van der Waals surface area contributed by atoms with Gasteiger partial charge in [-0.3, -0.25) is 4.79 Å². The number of amidine groups is 1. The molecule has 1 aliphatic heterocycles. The molecule has 2 aromatic carbocycles. The Morgan fingerprint density at radius 2 is 1.83 bits per heavy atom. The minimum atomic E-state index is -0.160. The van der Waals surface area contributed by atoms with E-state index in [1.807, 2.05) is 31.3 Å². The van der Waals surface area contributed by atoms with Gasteiger partial charge in [-0.15, -0.1) is 12.4 Å². The summed E-state index contributed by atoms with van der Waals surface area (Å²) in [6, 6.07) is 14.3. The highest BCUT2D eigenvalue weighted by atomic mass is 35.5. The summed E-state index contributed by atoms with van der Waals surface area (Å²) < 4.78 is 0. The lowest BCUT2D eigenvalue weighted by Crippen LogP contribution is -2.17. The Bertz CT molecular complexity index is 733. The van der Waals surface area contributed by atoms with Crippen molar-refractivity contribution in [1.82, 2.24) is 4.90 Å². The maximum absolute atomic E-state index is 12.1. The zero-order valence-electron chi connectivity index (χ0n) is 13.0. The molecule has 7 heteroatoms. The van der Waals surface area contributed by atoms with E-state index in [0.717, 1.165) is 28.8 Å². The van der Waals surface area contributed by atoms with E-state index < -0.39 is 0 Å². The Morgan fingerprint density at radius 1 is 1.17 bits per heavy atom. The number of nitrogens with zero attached hydrogens (tertiary/aromatic N) is 2. The number of hydrogen-bond donors (Lipinski definition) is 1. The number of nitrogens with one attached hydrogen (secondary N) is 1. The molecule has 4 nitrogen and oxygen atoms in total. The molecule has 24 heavy (non-hydrogen) atoms. The molecule has 126 valence electrons. The Morgan fingerprint density at radius 3 is 2.42 bits per heavy atom. The van der Waals surface area contributed by atoms with Crippen LogP contribution in [0.4, 0.5) is 11.4 Å². The summed E-state index contributed by atoms with van der Waals surface area (Å²) in [5.74, 6) is 0.914. The molecule has 1 heterocycles. The van der Waals surface area contributed by atoms with Crippen LogP contribution in [0, 0.1) is 0 Å². The first kappa shape index (κ1) is 18.6. The van der Waals surface area contributed by atoms with Gasteiger partial charge in [-0.2, -0.15) is 0 Å². The second kappa shape index (κ2) is 8.42. The molecular formula is C17H17Cl2N3OS. The molecule has 0 radical (unpaired) electrons. The molecule has 2 aromatic rings. The molecule has 1 saturated heterocycles. The van der Waals surface area contributed by atoms with E-state index in [1.165, 1.54) is 0 Å². The number of carbonyl (C=O) groups excluding carboxylic acids is 1. The van der Waals surface area contributed by atoms with Gasteiger partial charge in [0, 0.05) is 35.6 Å². The van der Waals surface area contributed by atoms with Crippen LogP contribution >= 0.6 is 35.8 Å². The maximum Gasteiger partial charge on any atom is 0.255 e. The summed E-state index contributed by atoms with van der Waals surface area (Å²) in [4.78, 5) is 18.9. The van der Waals surface area contributed by atoms with Crippen LogP contribution in [-0.4, -0.2) is 35.3 Å². The fourth-order valence-electron chi connectivity index (χ4n) is 2.13. The number of benzene rings is 2. The monoisotopic (exact) mass is 381 g/mol. The average Bonchev–Trinajstić information content (AvgIpc) is 2.95. The molecule has 3 rings (SSSR count). The third-order valence-corrected chi connectivity index (χ3v) is 4.74. The van der Waals surface area contributed by atoms with E-state index >= 15 is 0 Å². The van der Waals surface area contributed by atoms with E-state index in [2.05, 4.69) is 15.2 Å². The molecule has 0 aliphatic carbocycles. The van der Waals surface area contributed by atoms with Crippen molar-refractivity contribution in [3.05, 3.63) is 59.1 Å². The highest BCUT2D eigenvalue weighted by molar-refractivity contribution is 8.14. The topological polar surface area (TPSA) is 44.7 Å². The molecule has 0 aromatic heterocycles. The average molecular weight is 382 g/mol. The molecule has 0 saturated carbocycles. The van der Waals surface area contributed by atoms with Crippen molar-refractivity contribution in [2.45, 2.75) is 0 Å². The molecule has 0 unspecified atom stereocenters. The normalized spacial score (nSPS) is 15.2. The zero-order chi connectivity index (χ0) is 16.2. The Labute approximate surface area is 156 Å². The SMILES string of the molecule is CN1CCSC1=Nc1ccc(NC(=O)c2ccc(Cl)cc2)cc1.Cl. The Hall–Kier alpha value is -1.69. The maximum atomic E-state index is 12.1. The van der Waals surface area contributed by atoms with Crippen LogP contribution in [-0.2, 0) is 0 Å². The van der Waals surface area contributed by atoms with Crippen molar-refractivity contribution in [3.63, 3.8) is 0 Å². The van der Waals surface area contributed by atoms with E-state index in [9.17, 15) is 4.79 Å². The lowest BCUT2D eigenvalue weighted by Gasteiger charge is -2.10. The smallest absolute Gasteiger partial charge is 0.255 e. The summed E-state index contributed by atoms with van der Waals surface area (Å²) in [5, 5.41) is 4.50. The van der Waals surface area contributed by atoms with Crippen molar-refractivity contribution in [2.24, 2.45) is 4.99 Å². The molecule has 1 aliphatic rings. The molecule has 0 spiro atoms. The third-order valence-electron chi connectivity index (χ3n) is 3.44. The van der Waals surface area contributed by atoms with Gasteiger partial charge in [0.1, 0.15) is 0 Å².